The first-order valence-electron chi connectivity index (χ1n) is 7.31. The minimum absolute atomic E-state index is 0.0736. The van der Waals surface area contributed by atoms with Crippen molar-refractivity contribution in [2.45, 2.75) is 0 Å². The van der Waals surface area contributed by atoms with Gasteiger partial charge in [-0.3, -0.25) is 14.6 Å². The molecule has 0 radical (unpaired) electrons. The summed E-state index contributed by atoms with van der Waals surface area (Å²) in [5.74, 6) is -0.760. The number of nitrogens with zero attached hydrogens (tertiary/aromatic N) is 2. The van der Waals surface area contributed by atoms with E-state index in [1.807, 2.05) is 0 Å². The molecule has 1 aromatic carbocycles. The highest BCUT2D eigenvalue weighted by Gasteiger charge is 2.17. The number of halogens is 1. The molecule has 2 aromatic rings. The van der Waals surface area contributed by atoms with Crippen molar-refractivity contribution in [2.75, 3.05) is 33.4 Å². The van der Waals surface area contributed by atoms with Crippen LogP contribution in [0.2, 0.25) is 0 Å². The summed E-state index contributed by atoms with van der Waals surface area (Å²) >= 11 is 0. The first-order valence-corrected chi connectivity index (χ1v) is 7.31. The number of aromatic nitrogens is 2. The minimum atomic E-state index is -0.469. The number of nitrogens with one attached hydrogen (secondary N) is 1. The van der Waals surface area contributed by atoms with Gasteiger partial charge >= 0.3 is 0 Å². The Hall–Kier alpha value is -2.74. The van der Waals surface area contributed by atoms with Gasteiger partial charge in [-0.2, -0.15) is 0 Å². The lowest BCUT2D eigenvalue weighted by atomic mass is 10.3. The summed E-state index contributed by atoms with van der Waals surface area (Å²) in [6.45, 7) is 0.914. The standard InChI is InChI=1S/C16H18FN3O4/c1-23-8-6-20(16(22)13-10-18-11-15(21)19-13)7-9-24-14-5-3-2-4-12(14)17/h2-5,10-11H,6-9H2,1H3,(H,19,21). The number of hydrogen-bond donors (Lipinski definition) is 1. The molecule has 0 aliphatic heterocycles. The average Bonchev–Trinajstić information content (AvgIpc) is 2.59. The lowest BCUT2D eigenvalue weighted by Gasteiger charge is -2.22. The molecule has 0 spiro atoms. The molecule has 8 heteroatoms. The molecule has 1 N–H and O–H groups in total. The number of aromatic amines is 1. The normalized spacial score (nSPS) is 10.4. The van der Waals surface area contributed by atoms with Crippen LogP contribution < -0.4 is 10.3 Å². The summed E-state index contributed by atoms with van der Waals surface area (Å²) in [5, 5.41) is 0. The molecule has 2 rings (SSSR count). The summed E-state index contributed by atoms with van der Waals surface area (Å²) < 4.78 is 23.9. The number of ether oxygens (including phenoxy) is 2. The Balaban J connectivity index is 2.01. The van der Waals surface area contributed by atoms with Gasteiger partial charge in [-0.1, -0.05) is 12.1 Å². The van der Waals surface area contributed by atoms with E-state index in [-0.39, 0.29) is 24.6 Å². The lowest BCUT2D eigenvalue weighted by molar-refractivity contribution is 0.0658. The van der Waals surface area contributed by atoms with Gasteiger partial charge in [-0.05, 0) is 12.1 Å². The third-order valence-electron chi connectivity index (χ3n) is 3.19. The Morgan fingerprint density at radius 2 is 2.00 bits per heavy atom. The van der Waals surface area contributed by atoms with Crippen LogP contribution >= 0.6 is 0 Å². The van der Waals surface area contributed by atoms with Crippen LogP contribution in [-0.4, -0.2) is 54.2 Å². The van der Waals surface area contributed by atoms with Crippen LogP contribution in [0.15, 0.2) is 41.5 Å². The quantitative estimate of drug-likeness (QED) is 0.780. The van der Waals surface area contributed by atoms with Crippen molar-refractivity contribution in [2.24, 2.45) is 0 Å². The third-order valence-corrected chi connectivity index (χ3v) is 3.19. The van der Waals surface area contributed by atoms with Crippen molar-refractivity contribution in [3.63, 3.8) is 0 Å². The Labute approximate surface area is 138 Å². The van der Waals surface area contributed by atoms with E-state index in [0.717, 1.165) is 6.20 Å². The van der Waals surface area contributed by atoms with Crippen molar-refractivity contribution >= 4 is 5.91 Å². The molecule has 1 aromatic heterocycles. The number of methoxy groups -OCH3 is 1. The summed E-state index contributed by atoms with van der Waals surface area (Å²) in [6, 6.07) is 6.03. The fraction of sp³-hybridized carbons (Fsp3) is 0.312. The fourth-order valence-corrected chi connectivity index (χ4v) is 2.00. The van der Waals surface area contributed by atoms with Gasteiger partial charge in [0.25, 0.3) is 11.5 Å². The lowest BCUT2D eigenvalue weighted by Crippen LogP contribution is -2.38. The SMILES string of the molecule is COCCN(CCOc1ccccc1F)C(=O)c1cncc(=O)[nH]1. The van der Waals surface area contributed by atoms with E-state index in [1.54, 1.807) is 12.1 Å². The Kier molecular flexibility index (Phi) is 6.44. The molecule has 0 aliphatic rings. The van der Waals surface area contributed by atoms with Crippen molar-refractivity contribution in [3.8, 4) is 5.75 Å². The molecule has 0 atom stereocenters. The highest BCUT2D eigenvalue weighted by molar-refractivity contribution is 5.91. The van der Waals surface area contributed by atoms with Gasteiger partial charge < -0.3 is 19.4 Å². The number of H-pyrrole nitrogens is 1. The molecule has 128 valence electrons. The predicted molar refractivity (Wildman–Crippen MR) is 84.5 cm³/mol. The van der Waals surface area contributed by atoms with Gasteiger partial charge in [0.05, 0.1) is 25.5 Å². The molecule has 7 nitrogen and oxygen atoms in total. The zero-order valence-electron chi connectivity index (χ0n) is 13.2. The Bertz CT molecular complexity index is 735. The van der Waals surface area contributed by atoms with E-state index in [2.05, 4.69) is 9.97 Å². The molecule has 1 amide bonds. The topological polar surface area (TPSA) is 84.5 Å². The van der Waals surface area contributed by atoms with Crippen molar-refractivity contribution in [1.82, 2.24) is 14.9 Å². The zero-order valence-corrected chi connectivity index (χ0v) is 13.2. The summed E-state index contributed by atoms with van der Waals surface area (Å²) in [6.07, 6.45) is 2.36. The van der Waals surface area contributed by atoms with Gasteiger partial charge in [0.15, 0.2) is 11.6 Å². The van der Waals surface area contributed by atoms with E-state index in [4.69, 9.17) is 9.47 Å². The zero-order chi connectivity index (χ0) is 17.4. The van der Waals surface area contributed by atoms with Gasteiger partial charge in [-0.15, -0.1) is 0 Å². The van der Waals surface area contributed by atoms with Crippen LogP contribution in [0, 0.1) is 5.82 Å². The van der Waals surface area contributed by atoms with E-state index >= 15 is 0 Å². The summed E-state index contributed by atoms with van der Waals surface area (Å²) in [5.41, 5.74) is -0.389. The summed E-state index contributed by atoms with van der Waals surface area (Å²) in [4.78, 5) is 31.3. The largest absolute Gasteiger partial charge is 0.489 e. The van der Waals surface area contributed by atoms with Gasteiger partial charge in [-0.25, -0.2) is 4.39 Å². The second-order valence-electron chi connectivity index (χ2n) is 4.87. The number of hydrogen-bond acceptors (Lipinski definition) is 5. The first kappa shape index (κ1) is 17.6. The number of rotatable bonds is 8. The van der Waals surface area contributed by atoms with E-state index in [0.29, 0.717) is 13.2 Å². The van der Waals surface area contributed by atoms with Gasteiger partial charge in [0, 0.05) is 13.7 Å². The van der Waals surface area contributed by atoms with Gasteiger partial charge in [0.1, 0.15) is 12.3 Å². The second kappa shape index (κ2) is 8.78. The van der Waals surface area contributed by atoms with E-state index in [1.165, 1.54) is 30.3 Å². The first-order chi connectivity index (χ1) is 11.6. The van der Waals surface area contributed by atoms with Crippen LogP contribution in [0.1, 0.15) is 10.5 Å². The number of carbonyl (C=O) groups excluding carboxylic acids is 1. The van der Waals surface area contributed by atoms with Crippen LogP contribution in [0.3, 0.4) is 0 Å². The molecule has 24 heavy (non-hydrogen) atoms. The Morgan fingerprint density at radius 3 is 2.71 bits per heavy atom. The molecule has 0 unspecified atom stereocenters. The minimum Gasteiger partial charge on any atom is -0.489 e. The average molecular weight is 335 g/mol. The number of benzene rings is 1. The molecular weight excluding hydrogens is 317 g/mol. The van der Waals surface area contributed by atoms with Crippen LogP contribution in [0.5, 0.6) is 5.75 Å². The van der Waals surface area contributed by atoms with Gasteiger partial charge in [0.2, 0.25) is 0 Å². The molecule has 0 fully saturated rings. The molecule has 0 saturated carbocycles. The van der Waals surface area contributed by atoms with Crippen LogP contribution in [0.4, 0.5) is 4.39 Å². The fourth-order valence-electron chi connectivity index (χ4n) is 2.00. The monoisotopic (exact) mass is 335 g/mol. The van der Waals surface area contributed by atoms with E-state index < -0.39 is 17.3 Å². The second-order valence-corrected chi connectivity index (χ2v) is 4.87. The maximum atomic E-state index is 13.5. The third kappa shape index (κ3) is 4.88. The molecule has 0 saturated heterocycles. The van der Waals surface area contributed by atoms with E-state index in [9.17, 15) is 14.0 Å². The number of amides is 1. The molecule has 1 heterocycles. The highest BCUT2D eigenvalue weighted by Crippen LogP contribution is 2.15. The van der Waals surface area contributed by atoms with Crippen LogP contribution in [0.25, 0.3) is 0 Å². The Morgan fingerprint density at radius 1 is 1.25 bits per heavy atom. The number of para-hydroxylation sites is 1. The van der Waals surface area contributed by atoms with Crippen molar-refractivity contribution in [3.05, 3.63) is 58.5 Å². The number of carbonyl (C=O) groups is 1. The molecule has 0 bridgehead atoms. The van der Waals surface area contributed by atoms with Crippen LogP contribution in [-0.2, 0) is 4.74 Å². The molecular formula is C16H18FN3O4. The smallest absolute Gasteiger partial charge is 0.272 e. The van der Waals surface area contributed by atoms with Crippen molar-refractivity contribution < 1.29 is 18.7 Å². The molecule has 0 aliphatic carbocycles. The maximum Gasteiger partial charge on any atom is 0.272 e. The highest BCUT2D eigenvalue weighted by atomic mass is 19.1. The van der Waals surface area contributed by atoms with Crippen molar-refractivity contribution in [1.29, 1.82) is 0 Å². The predicted octanol–water partition coefficient (Wildman–Crippen LogP) is 1.08. The summed E-state index contributed by atoms with van der Waals surface area (Å²) in [7, 11) is 1.52. The maximum absolute atomic E-state index is 13.5.